The number of nitrogens with zero attached hydrogens (tertiary/aromatic N) is 3. The van der Waals surface area contributed by atoms with Crippen LogP contribution in [0.2, 0.25) is 0 Å². The van der Waals surface area contributed by atoms with E-state index >= 15 is 0 Å². The molecule has 0 bridgehead atoms. The number of carboxylic acids is 2. The number of likely N-dealkylation sites (tertiary alicyclic amines) is 1. The maximum absolute atomic E-state index is 13.1. The molecule has 2 saturated heterocycles. The summed E-state index contributed by atoms with van der Waals surface area (Å²) in [6, 6.07) is 14.0. The maximum atomic E-state index is 13.1. The van der Waals surface area contributed by atoms with Gasteiger partial charge in [-0.05, 0) is 63.0 Å². The van der Waals surface area contributed by atoms with Crippen LogP contribution in [0, 0.1) is 19.8 Å². The molecule has 0 radical (unpaired) electrons. The van der Waals surface area contributed by atoms with E-state index in [4.69, 9.17) is 19.8 Å². The van der Waals surface area contributed by atoms with Crippen molar-refractivity contribution in [1.82, 2.24) is 9.80 Å². The number of rotatable bonds is 4. The first-order valence-electron chi connectivity index (χ1n) is 12.2. The molecule has 0 unspecified atom stereocenters. The predicted octanol–water partition coefficient (Wildman–Crippen LogP) is 2.73. The van der Waals surface area contributed by atoms with E-state index in [1.54, 1.807) is 6.07 Å². The number of para-hydroxylation sites is 1. The number of anilines is 1. The third-order valence-corrected chi connectivity index (χ3v) is 7.01. The largest absolute Gasteiger partial charge is 0.508 e. The summed E-state index contributed by atoms with van der Waals surface area (Å²) in [5.41, 5.74) is 4.93. The molecular formula is C27H35N3O6. The highest BCUT2D eigenvalue weighted by atomic mass is 16.4. The van der Waals surface area contributed by atoms with Gasteiger partial charge in [-0.25, -0.2) is 9.59 Å². The summed E-state index contributed by atoms with van der Waals surface area (Å²) in [6.45, 7) is 10.3. The van der Waals surface area contributed by atoms with Crippen LogP contribution in [0.3, 0.4) is 0 Å². The van der Waals surface area contributed by atoms with Gasteiger partial charge in [0.15, 0.2) is 0 Å². The Morgan fingerprint density at radius 3 is 2.03 bits per heavy atom. The molecule has 2 aromatic rings. The van der Waals surface area contributed by atoms with Crippen molar-refractivity contribution >= 4 is 23.5 Å². The van der Waals surface area contributed by atoms with Gasteiger partial charge in [0.2, 0.25) is 5.91 Å². The first-order valence-corrected chi connectivity index (χ1v) is 12.2. The molecule has 2 aliphatic rings. The number of carboxylic acid groups (broad SMARTS) is 2. The van der Waals surface area contributed by atoms with E-state index in [0.717, 1.165) is 64.2 Å². The van der Waals surface area contributed by atoms with Crippen LogP contribution in [0.1, 0.15) is 29.5 Å². The van der Waals surface area contributed by atoms with Gasteiger partial charge in [-0.1, -0.05) is 30.3 Å². The SMILES string of the molecule is Cc1cccc(N2CCN(C(=O)C3CCN(Cc4ccccc4O)CC3)CC2)c1C.O=C(O)C(=O)O. The van der Waals surface area contributed by atoms with Crippen LogP contribution in [0.15, 0.2) is 42.5 Å². The number of carbonyl (C=O) groups is 3. The lowest BCUT2D eigenvalue weighted by atomic mass is 9.94. The molecule has 0 spiro atoms. The fourth-order valence-electron chi connectivity index (χ4n) is 4.73. The highest BCUT2D eigenvalue weighted by Crippen LogP contribution is 2.26. The lowest BCUT2D eigenvalue weighted by Gasteiger charge is -2.40. The van der Waals surface area contributed by atoms with Gasteiger partial charge in [-0.2, -0.15) is 0 Å². The average molecular weight is 498 g/mol. The lowest BCUT2D eigenvalue weighted by molar-refractivity contribution is -0.159. The van der Waals surface area contributed by atoms with E-state index in [9.17, 15) is 9.90 Å². The number of phenolic OH excluding ortho intramolecular Hbond substituents is 1. The van der Waals surface area contributed by atoms with Gasteiger partial charge in [-0.3, -0.25) is 9.69 Å². The normalized spacial score (nSPS) is 16.7. The first kappa shape index (κ1) is 27.0. The molecule has 3 N–H and O–H groups in total. The molecule has 2 fully saturated rings. The minimum atomic E-state index is -1.82. The summed E-state index contributed by atoms with van der Waals surface area (Å²) in [4.78, 5) is 38.1. The second-order valence-electron chi connectivity index (χ2n) is 9.32. The number of hydrogen-bond donors (Lipinski definition) is 3. The van der Waals surface area contributed by atoms with Crippen LogP contribution in [0.5, 0.6) is 5.75 Å². The highest BCUT2D eigenvalue weighted by Gasteiger charge is 2.30. The van der Waals surface area contributed by atoms with Crippen molar-refractivity contribution in [3.63, 3.8) is 0 Å². The van der Waals surface area contributed by atoms with Crippen molar-refractivity contribution in [2.45, 2.75) is 33.2 Å². The standard InChI is InChI=1S/C25H33N3O2.C2H2O4/c1-19-6-5-8-23(20(19)2)27-14-16-28(17-15-27)25(30)21-10-12-26(13-11-21)18-22-7-3-4-9-24(22)29;3-1(4)2(5)6/h3-9,21,29H,10-18H2,1-2H3;(H,3,4)(H,5,6). The topological polar surface area (TPSA) is 122 Å². The van der Waals surface area contributed by atoms with Gasteiger partial charge in [-0.15, -0.1) is 0 Å². The van der Waals surface area contributed by atoms with Crippen LogP contribution >= 0.6 is 0 Å². The molecular weight excluding hydrogens is 462 g/mol. The number of aliphatic carboxylic acids is 2. The lowest BCUT2D eigenvalue weighted by Crippen LogP contribution is -2.51. The molecule has 36 heavy (non-hydrogen) atoms. The van der Waals surface area contributed by atoms with Gasteiger partial charge in [0, 0.05) is 49.9 Å². The zero-order valence-corrected chi connectivity index (χ0v) is 20.9. The highest BCUT2D eigenvalue weighted by molar-refractivity contribution is 6.27. The van der Waals surface area contributed by atoms with E-state index in [-0.39, 0.29) is 5.92 Å². The first-order chi connectivity index (χ1) is 17.2. The van der Waals surface area contributed by atoms with Crippen LogP contribution in [0.25, 0.3) is 0 Å². The Morgan fingerprint density at radius 1 is 0.833 bits per heavy atom. The number of benzene rings is 2. The molecule has 2 aromatic carbocycles. The van der Waals surface area contributed by atoms with Crippen molar-refractivity contribution in [3.8, 4) is 5.75 Å². The fourth-order valence-corrected chi connectivity index (χ4v) is 4.73. The number of phenols is 1. The minimum absolute atomic E-state index is 0.137. The van der Waals surface area contributed by atoms with E-state index in [2.05, 4.69) is 46.7 Å². The van der Waals surface area contributed by atoms with Crippen molar-refractivity contribution in [3.05, 3.63) is 59.2 Å². The van der Waals surface area contributed by atoms with E-state index in [1.807, 2.05) is 18.2 Å². The van der Waals surface area contributed by atoms with Crippen molar-refractivity contribution in [1.29, 1.82) is 0 Å². The quantitative estimate of drug-likeness (QED) is 0.552. The van der Waals surface area contributed by atoms with Gasteiger partial charge >= 0.3 is 11.9 Å². The average Bonchev–Trinajstić information content (AvgIpc) is 2.87. The number of aryl methyl sites for hydroxylation is 1. The third kappa shape index (κ3) is 6.97. The Bertz CT molecular complexity index is 1060. The summed E-state index contributed by atoms with van der Waals surface area (Å²) < 4.78 is 0. The molecule has 0 saturated carbocycles. The summed E-state index contributed by atoms with van der Waals surface area (Å²) in [5, 5.41) is 24.8. The number of piperazine rings is 1. The van der Waals surface area contributed by atoms with Crippen LogP contribution in [-0.2, 0) is 20.9 Å². The molecule has 0 aliphatic carbocycles. The Morgan fingerprint density at radius 2 is 1.44 bits per heavy atom. The molecule has 9 heteroatoms. The van der Waals surface area contributed by atoms with Crippen LogP contribution in [-0.4, -0.2) is 82.2 Å². The molecule has 194 valence electrons. The molecule has 1 amide bonds. The molecule has 2 heterocycles. The Kier molecular flexibility index (Phi) is 9.30. The van der Waals surface area contributed by atoms with Gasteiger partial charge in [0.05, 0.1) is 0 Å². The molecule has 0 aromatic heterocycles. The predicted molar refractivity (Wildman–Crippen MR) is 136 cm³/mol. The Balaban J connectivity index is 0.000000538. The van der Waals surface area contributed by atoms with Gasteiger partial charge in [0.1, 0.15) is 5.75 Å². The van der Waals surface area contributed by atoms with Crippen LogP contribution < -0.4 is 4.90 Å². The molecule has 0 atom stereocenters. The van der Waals surface area contributed by atoms with E-state index in [0.29, 0.717) is 11.7 Å². The van der Waals surface area contributed by atoms with Crippen molar-refractivity contribution in [2.24, 2.45) is 5.92 Å². The van der Waals surface area contributed by atoms with Gasteiger partial charge in [0.25, 0.3) is 0 Å². The second kappa shape index (κ2) is 12.4. The zero-order chi connectivity index (χ0) is 26.2. The minimum Gasteiger partial charge on any atom is -0.508 e. The molecule has 4 rings (SSSR count). The summed E-state index contributed by atoms with van der Waals surface area (Å²) in [5.74, 6) is -2.82. The number of aromatic hydroxyl groups is 1. The van der Waals surface area contributed by atoms with Crippen molar-refractivity contribution in [2.75, 3.05) is 44.2 Å². The van der Waals surface area contributed by atoms with E-state index in [1.165, 1.54) is 16.8 Å². The van der Waals surface area contributed by atoms with Crippen molar-refractivity contribution < 1.29 is 29.7 Å². The van der Waals surface area contributed by atoms with Crippen LogP contribution in [0.4, 0.5) is 5.69 Å². The Hall–Kier alpha value is -3.59. The number of amides is 1. The number of carbonyl (C=O) groups excluding carboxylic acids is 1. The second-order valence-corrected chi connectivity index (χ2v) is 9.32. The monoisotopic (exact) mass is 497 g/mol. The summed E-state index contributed by atoms with van der Waals surface area (Å²) >= 11 is 0. The smallest absolute Gasteiger partial charge is 0.414 e. The zero-order valence-electron chi connectivity index (χ0n) is 20.9. The number of hydrogen-bond acceptors (Lipinski definition) is 6. The summed E-state index contributed by atoms with van der Waals surface area (Å²) in [7, 11) is 0. The van der Waals surface area contributed by atoms with E-state index < -0.39 is 11.9 Å². The van der Waals surface area contributed by atoms with Gasteiger partial charge < -0.3 is 25.1 Å². The third-order valence-electron chi connectivity index (χ3n) is 7.01. The number of piperidine rings is 1. The molecule has 2 aliphatic heterocycles. The fraction of sp³-hybridized carbons (Fsp3) is 0.444. The Labute approximate surface area is 211 Å². The molecule has 9 nitrogen and oxygen atoms in total. The maximum Gasteiger partial charge on any atom is 0.414 e. The summed E-state index contributed by atoms with van der Waals surface area (Å²) in [6.07, 6.45) is 1.81.